The molecule has 2 aromatic carbocycles. The summed E-state index contributed by atoms with van der Waals surface area (Å²) in [6.45, 7) is 0.368. The molecule has 1 saturated heterocycles. The molecular formula is C17H18N2O4. The molecule has 0 bridgehead atoms. The third-order valence-corrected chi connectivity index (χ3v) is 4.45. The van der Waals surface area contributed by atoms with Gasteiger partial charge in [-0.1, -0.05) is 42.5 Å². The summed E-state index contributed by atoms with van der Waals surface area (Å²) in [6, 6.07) is 12.8. The smallest absolute Gasteiger partial charge is 0.325 e. The Bertz CT molecular complexity index is 771. The van der Waals surface area contributed by atoms with Crippen LogP contribution in [0.4, 0.5) is 0 Å². The molecule has 6 nitrogen and oxygen atoms in total. The second kappa shape index (κ2) is 5.64. The van der Waals surface area contributed by atoms with Gasteiger partial charge < -0.3 is 15.9 Å². The van der Waals surface area contributed by atoms with Gasteiger partial charge >= 0.3 is 11.9 Å². The molecule has 23 heavy (non-hydrogen) atoms. The molecule has 1 aliphatic rings. The second-order valence-electron chi connectivity index (χ2n) is 6.06. The van der Waals surface area contributed by atoms with Gasteiger partial charge in [-0.15, -0.1) is 0 Å². The molecule has 6 heteroatoms. The molecule has 2 aromatic rings. The molecule has 1 heterocycles. The minimum Gasteiger partial charge on any atom is -0.480 e. The number of nitrogens with two attached hydrogens (primary N) is 1. The number of nitrogens with zero attached hydrogens (tertiary/aromatic N) is 1. The molecule has 1 aliphatic heterocycles. The molecule has 0 spiro atoms. The van der Waals surface area contributed by atoms with Crippen LogP contribution in [0.1, 0.15) is 12.0 Å². The molecule has 1 fully saturated rings. The van der Waals surface area contributed by atoms with Crippen molar-refractivity contribution in [2.75, 3.05) is 6.54 Å². The van der Waals surface area contributed by atoms with E-state index in [9.17, 15) is 19.8 Å². The highest BCUT2D eigenvalue weighted by Gasteiger charge is 2.49. The molecule has 0 radical (unpaired) electrons. The van der Waals surface area contributed by atoms with Crippen LogP contribution in [0, 0.1) is 0 Å². The van der Waals surface area contributed by atoms with Crippen LogP contribution in [0.15, 0.2) is 42.5 Å². The fourth-order valence-electron chi connectivity index (χ4n) is 3.22. The van der Waals surface area contributed by atoms with Crippen molar-refractivity contribution in [2.45, 2.75) is 24.5 Å². The summed E-state index contributed by atoms with van der Waals surface area (Å²) in [4.78, 5) is 24.5. The predicted octanol–water partition coefficient (Wildman–Crippen LogP) is 1.28. The third kappa shape index (κ3) is 2.78. The minimum atomic E-state index is -1.52. The molecule has 3 rings (SSSR count). The van der Waals surface area contributed by atoms with Crippen LogP contribution in [0.2, 0.25) is 0 Å². The molecule has 2 atom stereocenters. The summed E-state index contributed by atoms with van der Waals surface area (Å²) in [5, 5.41) is 20.8. The van der Waals surface area contributed by atoms with Crippen LogP contribution in [-0.4, -0.2) is 45.2 Å². The van der Waals surface area contributed by atoms with Crippen molar-refractivity contribution in [2.24, 2.45) is 5.73 Å². The number of carboxylic acids is 2. The van der Waals surface area contributed by atoms with Crippen LogP contribution in [-0.2, 0) is 16.1 Å². The van der Waals surface area contributed by atoms with Gasteiger partial charge in [-0.2, -0.15) is 0 Å². The van der Waals surface area contributed by atoms with E-state index in [1.807, 2.05) is 42.5 Å². The summed E-state index contributed by atoms with van der Waals surface area (Å²) in [5.41, 5.74) is 5.32. The molecule has 0 aromatic heterocycles. The van der Waals surface area contributed by atoms with E-state index in [-0.39, 0.29) is 13.0 Å². The number of aliphatic carboxylic acids is 2. The Kier molecular flexibility index (Phi) is 3.79. The highest BCUT2D eigenvalue weighted by Crippen LogP contribution is 2.29. The van der Waals surface area contributed by atoms with E-state index in [1.54, 1.807) is 4.90 Å². The zero-order valence-corrected chi connectivity index (χ0v) is 12.5. The van der Waals surface area contributed by atoms with Gasteiger partial charge in [0.25, 0.3) is 0 Å². The molecular weight excluding hydrogens is 296 g/mol. The highest BCUT2D eigenvalue weighted by atomic mass is 16.4. The number of carbonyl (C=O) groups is 2. The van der Waals surface area contributed by atoms with Gasteiger partial charge in [0.15, 0.2) is 0 Å². The quantitative estimate of drug-likeness (QED) is 0.785. The second-order valence-corrected chi connectivity index (χ2v) is 6.06. The summed E-state index contributed by atoms with van der Waals surface area (Å²) >= 11 is 0. The van der Waals surface area contributed by atoms with E-state index >= 15 is 0 Å². The largest absolute Gasteiger partial charge is 0.480 e. The van der Waals surface area contributed by atoms with Gasteiger partial charge in [0.05, 0.1) is 0 Å². The Hall–Kier alpha value is -2.44. The van der Waals surface area contributed by atoms with Gasteiger partial charge in [-0.25, -0.2) is 0 Å². The van der Waals surface area contributed by atoms with Crippen molar-refractivity contribution in [3.8, 4) is 0 Å². The lowest BCUT2D eigenvalue weighted by atomic mass is 9.98. The lowest BCUT2D eigenvalue weighted by Crippen LogP contribution is -2.50. The fraction of sp³-hybridized carbons (Fsp3) is 0.294. The maximum atomic E-state index is 11.5. The number of hydrogen-bond donors (Lipinski definition) is 3. The number of benzene rings is 2. The molecule has 0 amide bonds. The van der Waals surface area contributed by atoms with Crippen molar-refractivity contribution < 1.29 is 19.8 Å². The average molecular weight is 314 g/mol. The van der Waals surface area contributed by atoms with Crippen molar-refractivity contribution in [3.05, 3.63) is 48.0 Å². The van der Waals surface area contributed by atoms with Crippen molar-refractivity contribution in [1.29, 1.82) is 0 Å². The standard InChI is InChI=1S/C17H18N2O4/c18-17(16(22)23)8-14(15(20)21)19(10-17)9-12-6-3-5-11-4-1-2-7-13(11)12/h1-7,14H,8-10,18H2,(H,20,21)(H,22,23). The first-order valence-electron chi connectivity index (χ1n) is 7.36. The van der Waals surface area contributed by atoms with Gasteiger partial charge in [0.2, 0.25) is 0 Å². The topological polar surface area (TPSA) is 104 Å². The Balaban J connectivity index is 1.94. The first-order chi connectivity index (χ1) is 10.9. The van der Waals surface area contributed by atoms with Gasteiger partial charge in [-0.05, 0) is 16.3 Å². The minimum absolute atomic E-state index is 0.0164. The first kappa shape index (κ1) is 15.5. The molecule has 2 unspecified atom stereocenters. The van der Waals surface area contributed by atoms with Crippen molar-refractivity contribution in [1.82, 2.24) is 4.90 Å². The highest BCUT2D eigenvalue weighted by molar-refractivity contribution is 5.86. The Labute approximate surface area is 133 Å². The summed E-state index contributed by atoms with van der Waals surface area (Å²) in [5.74, 6) is -2.21. The van der Waals surface area contributed by atoms with E-state index in [0.29, 0.717) is 6.54 Å². The molecule has 0 saturated carbocycles. The normalized spacial score (nSPS) is 24.8. The van der Waals surface area contributed by atoms with Crippen molar-refractivity contribution >= 4 is 22.7 Å². The predicted molar refractivity (Wildman–Crippen MR) is 85.0 cm³/mol. The van der Waals surface area contributed by atoms with Crippen LogP contribution >= 0.6 is 0 Å². The van der Waals surface area contributed by atoms with Gasteiger partial charge in [0.1, 0.15) is 11.6 Å². The van der Waals surface area contributed by atoms with Crippen LogP contribution in [0.25, 0.3) is 10.8 Å². The number of hydrogen-bond acceptors (Lipinski definition) is 4. The number of carboxylic acid groups (broad SMARTS) is 2. The van der Waals surface area contributed by atoms with Gasteiger partial charge in [-0.3, -0.25) is 14.5 Å². The number of likely N-dealkylation sites (tertiary alicyclic amines) is 1. The molecule has 0 aliphatic carbocycles. The zero-order chi connectivity index (χ0) is 16.6. The van der Waals surface area contributed by atoms with E-state index in [1.165, 1.54) is 0 Å². The Morgan fingerprint density at radius 3 is 2.57 bits per heavy atom. The molecule has 120 valence electrons. The average Bonchev–Trinajstić information content (AvgIpc) is 2.86. The van der Waals surface area contributed by atoms with Gasteiger partial charge in [0, 0.05) is 19.5 Å². The Morgan fingerprint density at radius 2 is 1.87 bits per heavy atom. The number of rotatable bonds is 4. The van der Waals surface area contributed by atoms with Crippen molar-refractivity contribution in [3.63, 3.8) is 0 Å². The summed E-state index contributed by atoms with van der Waals surface area (Å²) < 4.78 is 0. The van der Waals surface area contributed by atoms with E-state index in [0.717, 1.165) is 16.3 Å². The van der Waals surface area contributed by atoms with E-state index < -0.39 is 23.5 Å². The van der Waals surface area contributed by atoms with E-state index in [2.05, 4.69) is 0 Å². The summed E-state index contributed by atoms with van der Waals surface area (Å²) in [6.07, 6.45) is -0.0948. The van der Waals surface area contributed by atoms with E-state index in [4.69, 9.17) is 5.73 Å². The lowest BCUT2D eigenvalue weighted by molar-refractivity contribution is -0.142. The zero-order valence-electron chi connectivity index (χ0n) is 12.5. The maximum absolute atomic E-state index is 11.5. The summed E-state index contributed by atoms with van der Waals surface area (Å²) in [7, 11) is 0. The first-order valence-corrected chi connectivity index (χ1v) is 7.36. The monoisotopic (exact) mass is 314 g/mol. The van der Waals surface area contributed by atoms with Crippen LogP contribution in [0.3, 0.4) is 0 Å². The SMILES string of the molecule is NC1(C(=O)O)CC(C(=O)O)N(Cc2cccc3ccccc23)C1. The third-order valence-electron chi connectivity index (χ3n) is 4.45. The fourth-order valence-corrected chi connectivity index (χ4v) is 3.22. The van der Waals surface area contributed by atoms with Crippen LogP contribution < -0.4 is 5.73 Å². The lowest BCUT2D eigenvalue weighted by Gasteiger charge is -2.22. The number of fused-ring (bicyclic) bond motifs is 1. The Morgan fingerprint density at radius 1 is 1.17 bits per heavy atom. The molecule has 4 N–H and O–H groups in total. The maximum Gasteiger partial charge on any atom is 0.325 e. The van der Waals surface area contributed by atoms with Crippen LogP contribution in [0.5, 0.6) is 0 Å².